The fourth-order valence-corrected chi connectivity index (χ4v) is 2.94. The molecule has 0 aliphatic heterocycles. The molecule has 9 heteroatoms. The Kier molecular flexibility index (Phi) is 9.32. The van der Waals surface area contributed by atoms with E-state index in [9.17, 15) is 18.4 Å². The smallest absolute Gasteiger partial charge is 0.408 e. The Balaban J connectivity index is 0.00000480. The molecule has 2 rings (SSSR count). The Bertz CT molecular complexity index is 931. The monoisotopic (exact) mass is 472 g/mol. The first-order valence-electron chi connectivity index (χ1n) is 9.34. The van der Waals surface area contributed by atoms with Crippen LogP contribution in [0.25, 0.3) is 0 Å². The molecule has 1 N–H and O–H groups in total. The zero-order chi connectivity index (χ0) is 22.6. The van der Waals surface area contributed by atoms with Gasteiger partial charge in [0.25, 0.3) is 0 Å². The summed E-state index contributed by atoms with van der Waals surface area (Å²) in [5.74, 6) is -2.04. The summed E-state index contributed by atoms with van der Waals surface area (Å²) < 4.78 is 32.5. The fourth-order valence-electron chi connectivity index (χ4n) is 2.77. The van der Waals surface area contributed by atoms with Crippen LogP contribution in [0, 0.1) is 18.6 Å². The number of amides is 2. The molecule has 0 aromatic heterocycles. The summed E-state index contributed by atoms with van der Waals surface area (Å²) in [6.45, 7) is 6.89. The third-order valence-electron chi connectivity index (χ3n) is 4.22. The summed E-state index contributed by atoms with van der Waals surface area (Å²) in [6, 6.07) is 6.95. The average molecular weight is 473 g/mol. The number of rotatable bonds is 5. The van der Waals surface area contributed by atoms with Gasteiger partial charge in [-0.3, -0.25) is 4.79 Å². The molecule has 5 nitrogen and oxygen atoms in total. The second kappa shape index (κ2) is 10.8. The van der Waals surface area contributed by atoms with Gasteiger partial charge in [0.1, 0.15) is 23.3 Å². The number of halogens is 3. The summed E-state index contributed by atoms with van der Waals surface area (Å²) in [6.07, 6.45) is -0.940. The first-order valence-corrected chi connectivity index (χ1v) is 9.72. The Hall–Kier alpha value is -2.32. The molecule has 1 atom stereocenters. The molecule has 31 heavy (non-hydrogen) atoms. The molecule has 0 spiro atoms. The third kappa shape index (κ3) is 8.03. The van der Waals surface area contributed by atoms with Crippen molar-refractivity contribution in [1.82, 2.24) is 5.32 Å². The normalized spacial score (nSPS) is 11.9. The molecule has 170 valence electrons. The number of ether oxygens (including phenoxy) is 1. The molecule has 0 aliphatic rings. The molecule has 2 aromatic carbocycles. The van der Waals surface area contributed by atoms with E-state index in [1.807, 2.05) is 6.92 Å². The van der Waals surface area contributed by atoms with Crippen molar-refractivity contribution >= 4 is 42.8 Å². The molecule has 0 aliphatic carbocycles. The zero-order valence-corrected chi connectivity index (χ0v) is 19.8. The van der Waals surface area contributed by atoms with E-state index in [-0.39, 0.29) is 25.5 Å². The lowest BCUT2D eigenvalue weighted by molar-refractivity contribution is -0.120. The number of aryl methyl sites for hydroxylation is 1. The molecule has 0 fully saturated rings. The minimum Gasteiger partial charge on any atom is -0.444 e. The maximum absolute atomic E-state index is 13.6. The predicted molar refractivity (Wildman–Crippen MR) is 123 cm³/mol. The van der Waals surface area contributed by atoms with E-state index in [0.717, 1.165) is 23.8 Å². The van der Waals surface area contributed by atoms with E-state index in [0.29, 0.717) is 10.7 Å². The van der Waals surface area contributed by atoms with Crippen LogP contribution >= 0.6 is 25.1 Å². The topological polar surface area (TPSA) is 58.6 Å². The minimum absolute atomic E-state index is 0. The van der Waals surface area contributed by atoms with Gasteiger partial charge in [-0.2, -0.15) is 13.5 Å². The second-order valence-corrected chi connectivity index (χ2v) is 8.42. The number of carbonyl (C=O) groups excluding carboxylic acids is 2. The molecule has 2 amide bonds. The maximum atomic E-state index is 13.6. The maximum Gasteiger partial charge on any atom is 0.408 e. The van der Waals surface area contributed by atoms with E-state index < -0.39 is 35.3 Å². The summed E-state index contributed by atoms with van der Waals surface area (Å²) in [5.41, 5.74) is 0.799. The second-order valence-electron chi connectivity index (χ2n) is 8.01. The molecule has 0 unspecified atom stereocenters. The van der Waals surface area contributed by atoms with Crippen molar-refractivity contribution in [3.05, 3.63) is 64.2 Å². The zero-order valence-electron chi connectivity index (χ0n) is 18.1. The van der Waals surface area contributed by atoms with Crippen molar-refractivity contribution in [3.8, 4) is 0 Å². The Labute approximate surface area is 193 Å². The lowest BCUT2D eigenvalue weighted by Crippen LogP contribution is -2.50. The van der Waals surface area contributed by atoms with E-state index in [1.54, 1.807) is 39.0 Å². The van der Waals surface area contributed by atoms with E-state index in [1.165, 1.54) is 11.9 Å². The van der Waals surface area contributed by atoms with Crippen LogP contribution < -0.4 is 10.2 Å². The Morgan fingerprint density at radius 1 is 1.13 bits per heavy atom. The van der Waals surface area contributed by atoms with Crippen LogP contribution in [0.2, 0.25) is 5.02 Å². The number of nitrogens with one attached hydrogen (secondary N) is 1. The van der Waals surface area contributed by atoms with Gasteiger partial charge >= 0.3 is 6.09 Å². The first-order chi connectivity index (χ1) is 13.9. The van der Waals surface area contributed by atoms with Gasteiger partial charge in [0.2, 0.25) is 5.91 Å². The standard InChI is InChI=1S/C22H25ClF2N2O3.H2S/c1-13-6-7-17(12-18(13)23)27(5)20(28)19(26-21(29)30-22(2,3)4)10-14-8-15(24)11-16(25)9-14;/h6-9,11-12,19H,10H2,1-5H3,(H,26,29);1H2/t19-;/m0./s1. The van der Waals surface area contributed by atoms with Gasteiger partial charge in [-0.15, -0.1) is 0 Å². The Morgan fingerprint density at radius 2 is 1.71 bits per heavy atom. The van der Waals surface area contributed by atoms with E-state index >= 15 is 0 Å². The van der Waals surface area contributed by atoms with Crippen LogP contribution in [0.4, 0.5) is 19.3 Å². The van der Waals surface area contributed by atoms with E-state index in [4.69, 9.17) is 16.3 Å². The highest BCUT2D eigenvalue weighted by Gasteiger charge is 2.28. The van der Waals surface area contributed by atoms with Crippen molar-refractivity contribution in [3.63, 3.8) is 0 Å². The van der Waals surface area contributed by atoms with Crippen LogP contribution in [0.1, 0.15) is 31.9 Å². The van der Waals surface area contributed by atoms with Crippen molar-refractivity contribution in [2.75, 3.05) is 11.9 Å². The van der Waals surface area contributed by atoms with Crippen molar-refractivity contribution in [1.29, 1.82) is 0 Å². The van der Waals surface area contributed by atoms with Crippen molar-refractivity contribution in [2.24, 2.45) is 0 Å². The van der Waals surface area contributed by atoms with Gasteiger partial charge in [-0.05, 0) is 63.1 Å². The highest BCUT2D eigenvalue weighted by molar-refractivity contribution is 7.59. The lowest BCUT2D eigenvalue weighted by Gasteiger charge is -2.27. The van der Waals surface area contributed by atoms with Gasteiger partial charge in [0.15, 0.2) is 0 Å². The molecular weight excluding hydrogens is 446 g/mol. The SMILES string of the molecule is Cc1ccc(N(C)C(=O)[C@H](Cc2cc(F)cc(F)c2)NC(=O)OC(C)(C)C)cc1Cl.S. The molecular formula is C22H27ClF2N2O3S. The molecule has 0 saturated carbocycles. The number of alkyl carbamates (subject to hydrolysis) is 1. The first kappa shape index (κ1) is 26.7. The number of anilines is 1. The van der Waals surface area contributed by atoms with Crippen LogP contribution in [-0.4, -0.2) is 30.7 Å². The summed E-state index contributed by atoms with van der Waals surface area (Å²) >= 11 is 6.15. The van der Waals surface area contributed by atoms with Gasteiger partial charge in [0, 0.05) is 30.2 Å². The molecule has 0 radical (unpaired) electrons. The largest absolute Gasteiger partial charge is 0.444 e. The lowest BCUT2D eigenvalue weighted by atomic mass is 10.0. The number of hydrogen-bond donors (Lipinski definition) is 1. The highest BCUT2D eigenvalue weighted by atomic mass is 35.5. The number of carbonyl (C=O) groups is 2. The van der Waals surface area contributed by atoms with Crippen LogP contribution in [-0.2, 0) is 16.0 Å². The minimum atomic E-state index is -1.12. The molecule has 0 heterocycles. The summed E-state index contributed by atoms with van der Waals surface area (Å²) in [4.78, 5) is 26.7. The average Bonchev–Trinajstić information content (AvgIpc) is 2.59. The quantitative estimate of drug-likeness (QED) is 0.655. The number of likely N-dealkylation sites (N-methyl/N-ethyl adjacent to an activating group) is 1. The van der Waals surface area contributed by atoms with Crippen LogP contribution in [0.15, 0.2) is 36.4 Å². The Morgan fingerprint density at radius 3 is 2.23 bits per heavy atom. The van der Waals surface area contributed by atoms with Crippen molar-refractivity contribution in [2.45, 2.75) is 45.8 Å². The van der Waals surface area contributed by atoms with Gasteiger partial charge in [0.05, 0.1) is 0 Å². The fraction of sp³-hybridized carbons (Fsp3) is 0.364. The highest BCUT2D eigenvalue weighted by Crippen LogP contribution is 2.23. The van der Waals surface area contributed by atoms with Gasteiger partial charge in [-0.1, -0.05) is 17.7 Å². The van der Waals surface area contributed by atoms with Crippen LogP contribution in [0.3, 0.4) is 0 Å². The molecule has 0 saturated heterocycles. The van der Waals surface area contributed by atoms with Gasteiger partial charge in [-0.25, -0.2) is 13.6 Å². The summed E-state index contributed by atoms with van der Waals surface area (Å²) in [5, 5.41) is 2.99. The number of nitrogens with zero attached hydrogens (tertiary/aromatic N) is 1. The van der Waals surface area contributed by atoms with E-state index in [2.05, 4.69) is 5.32 Å². The van der Waals surface area contributed by atoms with Crippen LogP contribution in [0.5, 0.6) is 0 Å². The number of hydrogen-bond acceptors (Lipinski definition) is 3. The summed E-state index contributed by atoms with van der Waals surface area (Å²) in [7, 11) is 1.53. The third-order valence-corrected chi connectivity index (χ3v) is 4.63. The molecule has 0 bridgehead atoms. The number of benzene rings is 2. The predicted octanol–water partition coefficient (Wildman–Crippen LogP) is 5.14. The molecule has 2 aromatic rings. The van der Waals surface area contributed by atoms with Gasteiger partial charge < -0.3 is 15.0 Å². The van der Waals surface area contributed by atoms with Crippen molar-refractivity contribution < 1.29 is 23.1 Å².